The SMILES string of the molecule is CC(O)CCN1CC(C)NC(C)C1. The van der Waals surface area contributed by atoms with Gasteiger partial charge in [0.15, 0.2) is 0 Å². The summed E-state index contributed by atoms with van der Waals surface area (Å²) in [5, 5.41) is 12.7. The third-order valence-corrected chi connectivity index (χ3v) is 2.50. The molecule has 1 heterocycles. The molecule has 0 aromatic carbocycles. The van der Waals surface area contributed by atoms with Crippen molar-refractivity contribution < 1.29 is 5.11 Å². The van der Waals surface area contributed by atoms with Crippen molar-refractivity contribution in [3.8, 4) is 0 Å². The molecule has 1 saturated heterocycles. The van der Waals surface area contributed by atoms with Gasteiger partial charge in [0, 0.05) is 31.7 Å². The summed E-state index contributed by atoms with van der Waals surface area (Å²) < 4.78 is 0. The molecule has 0 aromatic rings. The highest BCUT2D eigenvalue weighted by atomic mass is 16.3. The van der Waals surface area contributed by atoms with E-state index in [4.69, 9.17) is 0 Å². The summed E-state index contributed by atoms with van der Waals surface area (Å²) in [6.07, 6.45) is 0.722. The van der Waals surface area contributed by atoms with Gasteiger partial charge in [0.25, 0.3) is 0 Å². The Morgan fingerprint density at radius 3 is 2.38 bits per heavy atom. The lowest BCUT2D eigenvalue weighted by Crippen LogP contribution is -2.54. The lowest BCUT2D eigenvalue weighted by molar-refractivity contribution is 0.128. The zero-order chi connectivity index (χ0) is 9.84. The molecule has 1 fully saturated rings. The molecule has 0 saturated carbocycles. The number of hydrogen-bond donors (Lipinski definition) is 2. The third kappa shape index (κ3) is 4.07. The van der Waals surface area contributed by atoms with E-state index >= 15 is 0 Å². The molecule has 0 spiro atoms. The Kier molecular flexibility index (Phi) is 4.16. The summed E-state index contributed by atoms with van der Waals surface area (Å²) in [5.74, 6) is 0. The maximum atomic E-state index is 9.17. The average Bonchev–Trinajstić information content (AvgIpc) is 1.99. The lowest BCUT2D eigenvalue weighted by Gasteiger charge is -2.36. The molecule has 1 rings (SSSR count). The van der Waals surface area contributed by atoms with Crippen molar-refractivity contribution in [3.63, 3.8) is 0 Å². The fourth-order valence-corrected chi connectivity index (χ4v) is 1.99. The van der Waals surface area contributed by atoms with Crippen molar-refractivity contribution in [1.29, 1.82) is 0 Å². The van der Waals surface area contributed by atoms with E-state index < -0.39 is 0 Å². The first-order valence-corrected chi connectivity index (χ1v) is 5.24. The minimum absolute atomic E-state index is 0.166. The van der Waals surface area contributed by atoms with E-state index in [0.29, 0.717) is 12.1 Å². The first-order valence-electron chi connectivity index (χ1n) is 5.24. The average molecular weight is 186 g/mol. The molecule has 0 aliphatic carbocycles. The Morgan fingerprint density at radius 1 is 1.38 bits per heavy atom. The molecule has 3 heteroatoms. The minimum Gasteiger partial charge on any atom is -0.393 e. The summed E-state index contributed by atoms with van der Waals surface area (Å²) in [4.78, 5) is 2.43. The smallest absolute Gasteiger partial charge is 0.0524 e. The van der Waals surface area contributed by atoms with Gasteiger partial charge < -0.3 is 15.3 Å². The van der Waals surface area contributed by atoms with Crippen molar-refractivity contribution in [2.24, 2.45) is 0 Å². The van der Waals surface area contributed by atoms with E-state index in [0.717, 1.165) is 26.1 Å². The Labute approximate surface area is 81.1 Å². The fraction of sp³-hybridized carbons (Fsp3) is 1.00. The van der Waals surface area contributed by atoms with Crippen LogP contribution in [0, 0.1) is 0 Å². The number of nitrogens with one attached hydrogen (secondary N) is 1. The molecule has 0 amide bonds. The normalized spacial score (nSPS) is 33.2. The zero-order valence-corrected chi connectivity index (χ0v) is 8.95. The van der Waals surface area contributed by atoms with Gasteiger partial charge in [-0.25, -0.2) is 0 Å². The van der Waals surface area contributed by atoms with Gasteiger partial charge in [-0.2, -0.15) is 0 Å². The van der Waals surface area contributed by atoms with Crippen LogP contribution in [0.15, 0.2) is 0 Å². The van der Waals surface area contributed by atoms with Gasteiger partial charge in [-0.1, -0.05) is 0 Å². The van der Waals surface area contributed by atoms with Gasteiger partial charge in [-0.05, 0) is 27.2 Å². The summed E-state index contributed by atoms with van der Waals surface area (Å²) in [6.45, 7) is 9.52. The second-order valence-corrected chi connectivity index (χ2v) is 4.37. The molecular formula is C10H22N2O. The van der Waals surface area contributed by atoms with Gasteiger partial charge in [0.1, 0.15) is 0 Å². The number of aliphatic hydroxyl groups excluding tert-OH is 1. The van der Waals surface area contributed by atoms with Crippen LogP contribution in [0.5, 0.6) is 0 Å². The monoisotopic (exact) mass is 186 g/mol. The van der Waals surface area contributed by atoms with Crippen LogP contribution in [0.4, 0.5) is 0 Å². The molecular weight excluding hydrogens is 164 g/mol. The van der Waals surface area contributed by atoms with E-state index in [1.165, 1.54) is 0 Å². The number of piperazine rings is 1. The maximum Gasteiger partial charge on any atom is 0.0524 e. The van der Waals surface area contributed by atoms with Crippen LogP contribution >= 0.6 is 0 Å². The van der Waals surface area contributed by atoms with Crippen LogP contribution in [0.25, 0.3) is 0 Å². The van der Waals surface area contributed by atoms with E-state index in [2.05, 4.69) is 24.1 Å². The Balaban J connectivity index is 2.25. The van der Waals surface area contributed by atoms with E-state index in [9.17, 15) is 5.11 Å². The quantitative estimate of drug-likeness (QED) is 0.671. The highest BCUT2D eigenvalue weighted by molar-refractivity contribution is 4.80. The van der Waals surface area contributed by atoms with E-state index in [1.54, 1.807) is 0 Å². The van der Waals surface area contributed by atoms with Crippen LogP contribution in [0.2, 0.25) is 0 Å². The first-order chi connectivity index (χ1) is 6.08. The third-order valence-electron chi connectivity index (χ3n) is 2.50. The van der Waals surface area contributed by atoms with Crippen molar-refractivity contribution in [3.05, 3.63) is 0 Å². The van der Waals surface area contributed by atoms with Crippen LogP contribution in [0.3, 0.4) is 0 Å². The molecule has 3 unspecified atom stereocenters. The molecule has 78 valence electrons. The highest BCUT2D eigenvalue weighted by Crippen LogP contribution is 2.05. The number of hydrogen-bond acceptors (Lipinski definition) is 3. The predicted molar refractivity (Wildman–Crippen MR) is 54.8 cm³/mol. The second-order valence-electron chi connectivity index (χ2n) is 4.37. The summed E-state index contributed by atoms with van der Waals surface area (Å²) in [6, 6.07) is 1.16. The fourth-order valence-electron chi connectivity index (χ4n) is 1.99. The summed E-state index contributed by atoms with van der Waals surface area (Å²) in [7, 11) is 0. The molecule has 0 aromatic heterocycles. The lowest BCUT2D eigenvalue weighted by atomic mass is 10.1. The number of aliphatic hydroxyl groups is 1. The molecule has 0 bridgehead atoms. The van der Waals surface area contributed by atoms with Crippen molar-refractivity contribution in [2.45, 2.75) is 45.4 Å². The number of rotatable bonds is 3. The van der Waals surface area contributed by atoms with Crippen LogP contribution < -0.4 is 5.32 Å². The maximum absolute atomic E-state index is 9.17. The van der Waals surface area contributed by atoms with E-state index in [1.807, 2.05) is 6.92 Å². The topological polar surface area (TPSA) is 35.5 Å². The van der Waals surface area contributed by atoms with Crippen molar-refractivity contribution in [1.82, 2.24) is 10.2 Å². The van der Waals surface area contributed by atoms with Gasteiger partial charge in [-0.15, -0.1) is 0 Å². The van der Waals surface area contributed by atoms with Gasteiger partial charge in [0.2, 0.25) is 0 Å². The van der Waals surface area contributed by atoms with Gasteiger partial charge in [0.05, 0.1) is 6.10 Å². The van der Waals surface area contributed by atoms with Crippen LogP contribution in [0.1, 0.15) is 27.2 Å². The summed E-state index contributed by atoms with van der Waals surface area (Å²) in [5.41, 5.74) is 0. The molecule has 1 aliphatic rings. The Hall–Kier alpha value is -0.120. The molecule has 3 atom stereocenters. The molecule has 13 heavy (non-hydrogen) atoms. The molecule has 0 radical (unpaired) electrons. The zero-order valence-electron chi connectivity index (χ0n) is 8.95. The molecule has 1 aliphatic heterocycles. The highest BCUT2D eigenvalue weighted by Gasteiger charge is 2.20. The first kappa shape index (κ1) is 11.0. The van der Waals surface area contributed by atoms with Crippen LogP contribution in [-0.2, 0) is 0 Å². The van der Waals surface area contributed by atoms with Gasteiger partial charge in [-0.3, -0.25) is 0 Å². The van der Waals surface area contributed by atoms with Gasteiger partial charge >= 0.3 is 0 Å². The molecule has 3 nitrogen and oxygen atoms in total. The largest absolute Gasteiger partial charge is 0.393 e. The van der Waals surface area contributed by atoms with E-state index in [-0.39, 0.29) is 6.10 Å². The number of nitrogens with zero attached hydrogens (tertiary/aromatic N) is 1. The van der Waals surface area contributed by atoms with Crippen LogP contribution in [-0.4, -0.2) is 47.8 Å². The Morgan fingerprint density at radius 2 is 1.92 bits per heavy atom. The second kappa shape index (κ2) is 4.94. The minimum atomic E-state index is -0.166. The predicted octanol–water partition coefficient (Wildman–Crippen LogP) is 0.439. The summed E-state index contributed by atoms with van der Waals surface area (Å²) >= 11 is 0. The standard InChI is InChI=1S/C10H22N2O/c1-8-6-12(5-4-10(3)13)7-9(2)11-8/h8-11,13H,4-7H2,1-3H3. The molecule has 2 N–H and O–H groups in total. The Bertz CT molecular complexity index is 140. The van der Waals surface area contributed by atoms with Crippen molar-refractivity contribution in [2.75, 3.05) is 19.6 Å². The van der Waals surface area contributed by atoms with Crippen molar-refractivity contribution >= 4 is 0 Å².